The van der Waals surface area contributed by atoms with E-state index in [1.54, 1.807) is 6.92 Å². The van der Waals surface area contributed by atoms with E-state index in [4.69, 9.17) is 9.84 Å². The molecule has 1 amide bonds. The van der Waals surface area contributed by atoms with Gasteiger partial charge in [-0.25, -0.2) is 4.79 Å². The van der Waals surface area contributed by atoms with Crippen LogP contribution in [0.15, 0.2) is 6.20 Å². The van der Waals surface area contributed by atoms with Crippen LogP contribution in [0, 0.1) is 0 Å². The second kappa shape index (κ2) is 4.56. The van der Waals surface area contributed by atoms with Crippen molar-refractivity contribution >= 4 is 17.6 Å². The van der Waals surface area contributed by atoms with Gasteiger partial charge in [0, 0.05) is 7.11 Å². The summed E-state index contributed by atoms with van der Waals surface area (Å²) in [6.07, 6.45) is 0.575. The summed E-state index contributed by atoms with van der Waals surface area (Å²) in [7, 11) is 1.39. The molecule has 1 heterocycles. The van der Waals surface area contributed by atoms with Gasteiger partial charge in [-0.1, -0.05) is 0 Å². The lowest BCUT2D eigenvalue weighted by Gasteiger charge is -2.08. The van der Waals surface area contributed by atoms with Crippen molar-refractivity contribution in [2.45, 2.75) is 13.0 Å². The van der Waals surface area contributed by atoms with Crippen LogP contribution in [0.1, 0.15) is 17.4 Å². The molecule has 0 saturated heterocycles. The summed E-state index contributed by atoms with van der Waals surface area (Å²) in [6.45, 7) is 1.55. The number of hydrogen-bond acceptors (Lipinski definition) is 4. The maximum absolute atomic E-state index is 11.3. The first-order chi connectivity index (χ1) is 7.06. The van der Waals surface area contributed by atoms with Crippen LogP contribution in [0.2, 0.25) is 0 Å². The lowest BCUT2D eigenvalue weighted by atomic mass is 10.3. The molecule has 0 fully saturated rings. The molecule has 1 aromatic heterocycles. The van der Waals surface area contributed by atoms with E-state index in [0.29, 0.717) is 0 Å². The predicted molar refractivity (Wildman–Crippen MR) is 50.6 cm³/mol. The average molecular weight is 213 g/mol. The smallest absolute Gasteiger partial charge is 0.356 e. The molecule has 0 radical (unpaired) electrons. The van der Waals surface area contributed by atoms with E-state index in [9.17, 15) is 9.59 Å². The molecule has 0 saturated carbocycles. The monoisotopic (exact) mass is 213 g/mol. The third-order valence-corrected chi connectivity index (χ3v) is 1.83. The first kappa shape index (κ1) is 11.2. The normalized spacial score (nSPS) is 12.1. The first-order valence-electron chi connectivity index (χ1n) is 4.16. The van der Waals surface area contributed by atoms with E-state index in [1.165, 1.54) is 13.3 Å². The number of carbonyl (C=O) groups excluding carboxylic acids is 1. The Morgan fingerprint density at radius 2 is 2.33 bits per heavy atom. The number of aromatic carboxylic acids is 1. The number of anilines is 1. The zero-order valence-corrected chi connectivity index (χ0v) is 8.27. The molecule has 0 spiro atoms. The molecule has 0 unspecified atom stereocenters. The molecular weight excluding hydrogens is 202 g/mol. The van der Waals surface area contributed by atoms with Crippen LogP contribution >= 0.6 is 0 Å². The van der Waals surface area contributed by atoms with Crippen molar-refractivity contribution < 1.29 is 19.4 Å². The Balaban J connectivity index is 2.76. The molecule has 0 aliphatic carbocycles. The van der Waals surface area contributed by atoms with Gasteiger partial charge < -0.3 is 15.2 Å². The van der Waals surface area contributed by atoms with E-state index in [2.05, 4.69) is 15.5 Å². The molecular formula is C8H11N3O4. The molecule has 0 bridgehead atoms. The maximum Gasteiger partial charge on any atom is 0.356 e. The Bertz CT molecular complexity index is 374. The topological polar surface area (TPSA) is 104 Å². The largest absolute Gasteiger partial charge is 0.476 e. The van der Waals surface area contributed by atoms with Gasteiger partial charge in [-0.3, -0.25) is 9.89 Å². The summed E-state index contributed by atoms with van der Waals surface area (Å²) in [4.78, 5) is 22.0. The fourth-order valence-electron chi connectivity index (χ4n) is 0.885. The fraction of sp³-hybridized carbons (Fsp3) is 0.375. The zero-order chi connectivity index (χ0) is 11.4. The molecule has 1 rings (SSSR count). The molecule has 7 heteroatoms. The highest BCUT2D eigenvalue weighted by Gasteiger charge is 2.17. The molecule has 82 valence electrons. The number of rotatable bonds is 4. The van der Waals surface area contributed by atoms with Crippen molar-refractivity contribution in [1.29, 1.82) is 0 Å². The minimum Gasteiger partial charge on any atom is -0.476 e. The Kier molecular flexibility index (Phi) is 3.40. The van der Waals surface area contributed by atoms with Gasteiger partial charge >= 0.3 is 5.97 Å². The zero-order valence-electron chi connectivity index (χ0n) is 8.27. The van der Waals surface area contributed by atoms with Crippen LogP contribution in [-0.2, 0) is 9.53 Å². The molecule has 1 atom stereocenters. The van der Waals surface area contributed by atoms with Crippen LogP contribution in [-0.4, -0.2) is 40.4 Å². The van der Waals surface area contributed by atoms with Gasteiger partial charge in [0.1, 0.15) is 6.10 Å². The summed E-state index contributed by atoms with van der Waals surface area (Å²) >= 11 is 0. The van der Waals surface area contributed by atoms with Crippen molar-refractivity contribution in [3.63, 3.8) is 0 Å². The van der Waals surface area contributed by atoms with Crippen LogP contribution < -0.4 is 5.32 Å². The lowest BCUT2D eigenvalue weighted by Crippen LogP contribution is -2.27. The van der Waals surface area contributed by atoms with Gasteiger partial charge in [0.05, 0.1) is 11.9 Å². The molecule has 7 nitrogen and oxygen atoms in total. The molecule has 3 N–H and O–H groups in total. The first-order valence-corrected chi connectivity index (χ1v) is 4.16. The standard InChI is InChI=1S/C8H11N3O4/c1-4(15-2)7(12)10-5-3-9-11-6(5)8(13)14/h3-4H,1-2H3,(H,9,11)(H,10,12)(H,13,14)/t4-/m1/s1. The van der Waals surface area contributed by atoms with Crippen LogP contribution in [0.25, 0.3) is 0 Å². The molecule has 1 aromatic rings. The highest BCUT2D eigenvalue weighted by Crippen LogP contribution is 2.11. The SMILES string of the molecule is CO[C@H](C)C(=O)Nc1cn[nH]c1C(=O)O. The number of carbonyl (C=O) groups is 2. The Hall–Kier alpha value is -1.89. The summed E-state index contributed by atoms with van der Waals surface area (Å²) in [5.74, 6) is -1.62. The van der Waals surface area contributed by atoms with Gasteiger partial charge in [0.2, 0.25) is 0 Å². The number of carboxylic acids is 1. The Morgan fingerprint density at radius 1 is 1.67 bits per heavy atom. The minimum atomic E-state index is -1.19. The molecule has 0 aliphatic heterocycles. The van der Waals surface area contributed by atoms with Crippen LogP contribution in [0.3, 0.4) is 0 Å². The number of methoxy groups -OCH3 is 1. The molecule has 0 aliphatic rings. The number of nitrogens with one attached hydrogen (secondary N) is 2. The summed E-state index contributed by atoms with van der Waals surface area (Å²) in [5, 5.41) is 16.9. The summed E-state index contributed by atoms with van der Waals surface area (Å²) < 4.78 is 4.77. The van der Waals surface area contributed by atoms with Crippen molar-refractivity contribution in [1.82, 2.24) is 10.2 Å². The van der Waals surface area contributed by atoms with Crippen LogP contribution in [0.4, 0.5) is 5.69 Å². The number of nitrogens with zero attached hydrogens (tertiary/aromatic N) is 1. The van der Waals surface area contributed by atoms with Gasteiger partial charge in [-0.15, -0.1) is 0 Å². The number of aromatic amines is 1. The average Bonchev–Trinajstić information content (AvgIpc) is 2.64. The fourth-order valence-corrected chi connectivity index (χ4v) is 0.885. The lowest BCUT2D eigenvalue weighted by molar-refractivity contribution is -0.124. The van der Waals surface area contributed by atoms with Crippen molar-refractivity contribution in [3.8, 4) is 0 Å². The Morgan fingerprint density at radius 3 is 2.87 bits per heavy atom. The van der Waals surface area contributed by atoms with Crippen molar-refractivity contribution in [3.05, 3.63) is 11.9 Å². The Labute approximate surface area is 85.4 Å². The number of carboxylic acid groups (broad SMARTS) is 1. The highest BCUT2D eigenvalue weighted by molar-refractivity contribution is 6.00. The van der Waals surface area contributed by atoms with Gasteiger partial charge in [0.25, 0.3) is 5.91 Å². The number of aromatic nitrogens is 2. The number of hydrogen-bond donors (Lipinski definition) is 3. The maximum atomic E-state index is 11.3. The van der Waals surface area contributed by atoms with Gasteiger partial charge in [-0.05, 0) is 6.92 Å². The van der Waals surface area contributed by atoms with Crippen molar-refractivity contribution in [2.24, 2.45) is 0 Å². The predicted octanol–water partition coefficient (Wildman–Crippen LogP) is 0.0813. The van der Waals surface area contributed by atoms with E-state index in [1.807, 2.05) is 0 Å². The van der Waals surface area contributed by atoms with Crippen molar-refractivity contribution in [2.75, 3.05) is 12.4 Å². The number of H-pyrrole nitrogens is 1. The van der Waals surface area contributed by atoms with E-state index in [0.717, 1.165) is 0 Å². The van der Waals surface area contributed by atoms with E-state index < -0.39 is 18.0 Å². The highest BCUT2D eigenvalue weighted by atomic mass is 16.5. The van der Waals surface area contributed by atoms with Gasteiger partial charge in [0.15, 0.2) is 5.69 Å². The quantitative estimate of drug-likeness (QED) is 0.657. The second-order valence-corrected chi connectivity index (χ2v) is 2.83. The summed E-state index contributed by atoms with van der Waals surface area (Å²) in [5.41, 5.74) is -0.0388. The minimum absolute atomic E-state index is 0.122. The van der Waals surface area contributed by atoms with Gasteiger partial charge in [-0.2, -0.15) is 5.10 Å². The van der Waals surface area contributed by atoms with E-state index >= 15 is 0 Å². The number of ether oxygens (including phenoxy) is 1. The number of amides is 1. The molecule has 15 heavy (non-hydrogen) atoms. The third kappa shape index (κ3) is 2.53. The molecule has 0 aromatic carbocycles. The van der Waals surface area contributed by atoms with Crippen LogP contribution in [0.5, 0.6) is 0 Å². The third-order valence-electron chi connectivity index (χ3n) is 1.83. The van der Waals surface area contributed by atoms with E-state index in [-0.39, 0.29) is 11.4 Å². The second-order valence-electron chi connectivity index (χ2n) is 2.83. The summed E-state index contributed by atoms with van der Waals surface area (Å²) in [6, 6.07) is 0.